The van der Waals surface area contributed by atoms with Crippen LogP contribution in [0.5, 0.6) is 0 Å². The van der Waals surface area contributed by atoms with Crippen molar-refractivity contribution in [3.63, 3.8) is 0 Å². The summed E-state index contributed by atoms with van der Waals surface area (Å²) in [5, 5.41) is 3.09. The lowest BCUT2D eigenvalue weighted by molar-refractivity contribution is 0.327. The minimum atomic E-state index is -0.205. The summed E-state index contributed by atoms with van der Waals surface area (Å²) in [6, 6.07) is 4.81. The Labute approximate surface area is 98.6 Å². The summed E-state index contributed by atoms with van der Waals surface area (Å²) >= 11 is 3.36. The van der Waals surface area contributed by atoms with Crippen molar-refractivity contribution in [1.82, 2.24) is 10.2 Å². The maximum atomic E-state index is 12.8. The lowest BCUT2D eigenvalue weighted by atomic mass is 10.2. The van der Waals surface area contributed by atoms with Crippen LogP contribution in [-0.2, 0) is 6.54 Å². The molecule has 4 heteroatoms. The molecule has 2 nitrogen and oxygen atoms in total. The van der Waals surface area contributed by atoms with Gasteiger partial charge in [-0.1, -0.05) is 22.0 Å². The minimum absolute atomic E-state index is 0.205. The molecule has 0 aliphatic rings. The Morgan fingerprint density at radius 2 is 2.20 bits per heavy atom. The molecule has 0 atom stereocenters. The number of benzene rings is 1. The third-order valence-corrected chi connectivity index (χ3v) is 2.94. The summed E-state index contributed by atoms with van der Waals surface area (Å²) in [5.74, 6) is -0.205. The second-order valence-corrected chi connectivity index (χ2v) is 4.43. The number of halogens is 2. The van der Waals surface area contributed by atoms with Gasteiger partial charge in [-0.25, -0.2) is 4.39 Å². The first-order valence-corrected chi connectivity index (χ1v) is 5.70. The van der Waals surface area contributed by atoms with Gasteiger partial charge in [-0.05, 0) is 31.8 Å². The quantitative estimate of drug-likeness (QED) is 0.886. The predicted octanol–water partition coefficient (Wildman–Crippen LogP) is 2.24. The Hall–Kier alpha value is -0.450. The van der Waals surface area contributed by atoms with E-state index in [1.165, 1.54) is 12.1 Å². The monoisotopic (exact) mass is 274 g/mol. The van der Waals surface area contributed by atoms with E-state index < -0.39 is 0 Å². The van der Waals surface area contributed by atoms with Crippen LogP contribution in [0, 0.1) is 5.82 Å². The van der Waals surface area contributed by atoms with E-state index in [0.717, 1.165) is 29.7 Å². The number of likely N-dealkylation sites (N-methyl/N-ethyl adjacent to an activating group) is 2. The molecular weight excluding hydrogens is 259 g/mol. The van der Waals surface area contributed by atoms with Crippen LogP contribution in [0.4, 0.5) is 4.39 Å². The first-order chi connectivity index (χ1) is 7.13. The van der Waals surface area contributed by atoms with Crippen LogP contribution in [0.25, 0.3) is 0 Å². The summed E-state index contributed by atoms with van der Waals surface area (Å²) in [5.41, 5.74) is 1.11. The van der Waals surface area contributed by atoms with Gasteiger partial charge >= 0.3 is 0 Å². The van der Waals surface area contributed by atoms with E-state index in [1.807, 2.05) is 20.2 Å². The molecule has 0 aromatic heterocycles. The smallest absolute Gasteiger partial charge is 0.124 e. The maximum Gasteiger partial charge on any atom is 0.124 e. The fourth-order valence-electron chi connectivity index (χ4n) is 1.32. The zero-order valence-corrected chi connectivity index (χ0v) is 10.6. The Balaban J connectivity index is 2.56. The molecule has 84 valence electrons. The van der Waals surface area contributed by atoms with Crippen LogP contribution in [-0.4, -0.2) is 32.1 Å². The van der Waals surface area contributed by atoms with E-state index >= 15 is 0 Å². The normalized spacial score (nSPS) is 11.0. The van der Waals surface area contributed by atoms with Crippen molar-refractivity contribution < 1.29 is 4.39 Å². The van der Waals surface area contributed by atoms with E-state index in [1.54, 1.807) is 0 Å². The van der Waals surface area contributed by atoms with Gasteiger partial charge in [0.2, 0.25) is 0 Å². The van der Waals surface area contributed by atoms with Gasteiger partial charge in [-0.3, -0.25) is 0 Å². The van der Waals surface area contributed by atoms with Crippen LogP contribution in [0.1, 0.15) is 5.56 Å². The topological polar surface area (TPSA) is 15.3 Å². The Morgan fingerprint density at radius 1 is 1.47 bits per heavy atom. The molecule has 1 aromatic rings. The van der Waals surface area contributed by atoms with Gasteiger partial charge in [0.25, 0.3) is 0 Å². The average molecular weight is 275 g/mol. The van der Waals surface area contributed by atoms with Gasteiger partial charge in [0, 0.05) is 24.1 Å². The second kappa shape index (κ2) is 6.20. The summed E-state index contributed by atoms with van der Waals surface area (Å²) in [6.07, 6.45) is 0. The third-order valence-electron chi connectivity index (χ3n) is 2.20. The van der Waals surface area contributed by atoms with Crippen molar-refractivity contribution in [2.45, 2.75) is 6.54 Å². The molecule has 0 bridgehead atoms. The fourth-order valence-corrected chi connectivity index (χ4v) is 1.80. The Morgan fingerprint density at radius 3 is 2.80 bits per heavy atom. The molecule has 0 unspecified atom stereocenters. The molecular formula is C11H16BrFN2. The fraction of sp³-hybridized carbons (Fsp3) is 0.455. The molecule has 0 aliphatic heterocycles. The van der Waals surface area contributed by atoms with Crippen LogP contribution in [0.3, 0.4) is 0 Å². The van der Waals surface area contributed by atoms with Crippen LogP contribution in [0.15, 0.2) is 22.7 Å². The van der Waals surface area contributed by atoms with E-state index in [0.29, 0.717) is 0 Å². The Kier molecular flexibility index (Phi) is 5.22. The first-order valence-electron chi connectivity index (χ1n) is 4.90. The number of hydrogen-bond donors (Lipinski definition) is 1. The van der Waals surface area contributed by atoms with Gasteiger partial charge in [-0.2, -0.15) is 0 Å². The van der Waals surface area contributed by atoms with Crippen molar-refractivity contribution in [2.75, 3.05) is 27.2 Å². The Bertz CT molecular complexity index is 317. The molecule has 15 heavy (non-hydrogen) atoms. The van der Waals surface area contributed by atoms with Crippen LogP contribution in [0.2, 0.25) is 0 Å². The average Bonchev–Trinajstić information content (AvgIpc) is 2.19. The number of hydrogen-bond acceptors (Lipinski definition) is 2. The van der Waals surface area contributed by atoms with E-state index in [4.69, 9.17) is 0 Å². The van der Waals surface area contributed by atoms with Crippen LogP contribution >= 0.6 is 15.9 Å². The minimum Gasteiger partial charge on any atom is -0.318 e. The van der Waals surface area contributed by atoms with Gasteiger partial charge < -0.3 is 10.2 Å². The second-order valence-electron chi connectivity index (χ2n) is 3.58. The zero-order valence-electron chi connectivity index (χ0n) is 9.06. The van der Waals surface area contributed by atoms with Gasteiger partial charge in [-0.15, -0.1) is 0 Å². The number of nitrogens with zero attached hydrogens (tertiary/aromatic N) is 1. The van der Waals surface area contributed by atoms with E-state index in [-0.39, 0.29) is 5.82 Å². The largest absolute Gasteiger partial charge is 0.318 e. The molecule has 1 rings (SSSR count). The maximum absolute atomic E-state index is 12.8. The molecule has 0 heterocycles. The molecule has 0 saturated carbocycles. The van der Waals surface area contributed by atoms with Gasteiger partial charge in [0.15, 0.2) is 0 Å². The lowest BCUT2D eigenvalue weighted by Crippen LogP contribution is -2.27. The van der Waals surface area contributed by atoms with Crippen molar-refractivity contribution in [1.29, 1.82) is 0 Å². The molecule has 1 aromatic carbocycles. The molecule has 0 amide bonds. The summed E-state index contributed by atoms with van der Waals surface area (Å²) < 4.78 is 13.7. The van der Waals surface area contributed by atoms with Gasteiger partial charge in [0.05, 0.1) is 0 Å². The lowest BCUT2D eigenvalue weighted by Gasteiger charge is -2.17. The third kappa shape index (κ3) is 4.28. The first kappa shape index (κ1) is 12.6. The van der Waals surface area contributed by atoms with E-state index in [9.17, 15) is 4.39 Å². The predicted molar refractivity (Wildman–Crippen MR) is 64.4 cm³/mol. The number of rotatable bonds is 5. The van der Waals surface area contributed by atoms with Crippen molar-refractivity contribution >= 4 is 15.9 Å². The highest BCUT2D eigenvalue weighted by Crippen LogP contribution is 2.19. The SMILES string of the molecule is CNCCN(C)Cc1ccc(F)cc1Br. The molecule has 0 saturated heterocycles. The number of nitrogens with one attached hydrogen (secondary N) is 1. The van der Waals surface area contributed by atoms with Crippen molar-refractivity contribution in [2.24, 2.45) is 0 Å². The highest BCUT2D eigenvalue weighted by molar-refractivity contribution is 9.10. The summed E-state index contributed by atoms with van der Waals surface area (Å²) in [6.45, 7) is 2.75. The zero-order chi connectivity index (χ0) is 11.3. The highest BCUT2D eigenvalue weighted by atomic mass is 79.9. The molecule has 0 aliphatic carbocycles. The summed E-state index contributed by atoms with van der Waals surface area (Å²) in [7, 11) is 3.98. The highest BCUT2D eigenvalue weighted by Gasteiger charge is 2.04. The van der Waals surface area contributed by atoms with E-state index in [2.05, 4.69) is 26.1 Å². The van der Waals surface area contributed by atoms with Crippen molar-refractivity contribution in [3.05, 3.63) is 34.1 Å². The van der Waals surface area contributed by atoms with Crippen molar-refractivity contribution in [3.8, 4) is 0 Å². The summed E-state index contributed by atoms with van der Waals surface area (Å²) in [4.78, 5) is 2.19. The molecule has 0 fully saturated rings. The standard InChI is InChI=1S/C11H16BrFN2/c1-14-5-6-15(2)8-9-3-4-10(13)7-11(9)12/h3-4,7,14H,5-6,8H2,1-2H3. The molecule has 1 N–H and O–H groups in total. The van der Waals surface area contributed by atoms with Gasteiger partial charge in [0.1, 0.15) is 5.82 Å². The van der Waals surface area contributed by atoms with Crippen LogP contribution < -0.4 is 5.32 Å². The molecule has 0 spiro atoms. The molecule has 0 radical (unpaired) electrons.